The van der Waals surface area contributed by atoms with Crippen molar-refractivity contribution in [3.63, 3.8) is 0 Å². The maximum atomic E-state index is 12.7. The van der Waals surface area contributed by atoms with Crippen molar-refractivity contribution in [1.29, 1.82) is 0 Å². The number of rotatable bonds is 3. The molecule has 2 heterocycles. The molecule has 0 fully saturated rings. The number of benzene rings is 2. The lowest BCUT2D eigenvalue weighted by Gasteiger charge is -1.98. The topological polar surface area (TPSA) is 126 Å². The first-order valence-electron chi connectivity index (χ1n) is 8.00. The summed E-state index contributed by atoms with van der Waals surface area (Å²) in [6.45, 7) is 1.92. The van der Waals surface area contributed by atoms with Crippen molar-refractivity contribution in [2.45, 2.75) is 6.92 Å². The largest absolute Gasteiger partial charge is 0.350 e. The molecule has 0 aliphatic rings. The molecule has 4 aromatic rings. The van der Waals surface area contributed by atoms with Crippen LogP contribution in [0.5, 0.6) is 0 Å². The Morgan fingerprint density at radius 3 is 2.70 bits per heavy atom. The average Bonchev–Trinajstić information content (AvgIpc) is 3.00. The molecule has 27 heavy (non-hydrogen) atoms. The van der Waals surface area contributed by atoms with E-state index in [9.17, 15) is 19.7 Å². The summed E-state index contributed by atoms with van der Waals surface area (Å²) >= 11 is 0. The zero-order chi connectivity index (χ0) is 19.1. The third-order valence-corrected chi connectivity index (χ3v) is 4.19. The van der Waals surface area contributed by atoms with E-state index in [0.29, 0.717) is 15.8 Å². The van der Waals surface area contributed by atoms with Crippen molar-refractivity contribution in [3.05, 3.63) is 84.5 Å². The number of aromatic nitrogens is 3. The quantitative estimate of drug-likeness (QED) is 0.329. The predicted octanol–water partition coefficient (Wildman–Crippen LogP) is 2.27. The molecule has 4 rings (SSSR count). The lowest BCUT2D eigenvalue weighted by molar-refractivity contribution is -0.384. The number of hydrogen-bond acceptors (Lipinski definition) is 5. The van der Waals surface area contributed by atoms with Gasteiger partial charge in [-0.3, -0.25) is 14.9 Å². The molecule has 0 saturated carbocycles. The lowest BCUT2D eigenvalue weighted by atomic mass is 10.2. The first kappa shape index (κ1) is 16.5. The highest BCUT2D eigenvalue weighted by molar-refractivity contribution is 6.04. The molecule has 0 aliphatic heterocycles. The van der Waals surface area contributed by atoms with Gasteiger partial charge in [0.15, 0.2) is 0 Å². The zero-order valence-electron chi connectivity index (χ0n) is 14.1. The predicted molar refractivity (Wildman–Crippen MR) is 102 cm³/mol. The van der Waals surface area contributed by atoms with Crippen molar-refractivity contribution in [2.24, 2.45) is 5.10 Å². The van der Waals surface area contributed by atoms with Gasteiger partial charge in [0, 0.05) is 28.6 Å². The van der Waals surface area contributed by atoms with Crippen molar-refractivity contribution < 1.29 is 4.92 Å². The molecule has 9 nitrogen and oxygen atoms in total. The van der Waals surface area contributed by atoms with Gasteiger partial charge >= 0.3 is 11.2 Å². The van der Waals surface area contributed by atoms with Crippen molar-refractivity contribution in [3.8, 4) is 0 Å². The van der Waals surface area contributed by atoms with E-state index in [1.54, 1.807) is 6.07 Å². The smallest absolute Gasteiger partial charge is 0.349 e. The molecule has 0 aliphatic carbocycles. The Morgan fingerprint density at radius 2 is 1.93 bits per heavy atom. The van der Waals surface area contributed by atoms with Crippen molar-refractivity contribution >= 4 is 33.8 Å². The summed E-state index contributed by atoms with van der Waals surface area (Å²) in [5.74, 6) is 0. The SMILES string of the molecule is Cc1ccc2[nH]c3c(=O)n(/N=C/c4cccc([N+](=O)[O-])c4)c(=O)[nH]c3c2c1. The number of nitrogens with zero attached hydrogens (tertiary/aromatic N) is 3. The minimum atomic E-state index is -0.698. The molecule has 0 bridgehead atoms. The van der Waals surface area contributed by atoms with Crippen LogP contribution in [-0.2, 0) is 0 Å². The van der Waals surface area contributed by atoms with Crippen LogP contribution >= 0.6 is 0 Å². The third-order valence-electron chi connectivity index (χ3n) is 4.19. The van der Waals surface area contributed by atoms with E-state index >= 15 is 0 Å². The fourth-order valence-electron chi connectivity index (χ4n) is 2.90. The van der Waals surface area contributed by atoms with Gasteiger partial charge in [0.2, 0.25) is 0 Å². The number of nitro benzene ring substituents is 1. The highest BCUT2D eigenvalue weighted by Gasteiger charge is 2.12. The second-order valence-corrected chi connectivity index (χ2v) is 6.07. The average molecular weight is 363 g/mol. The standard InChI is InChI=1S/C18H13N5O4/c1-10-5-6-14-13(7-10)15-16(20-14)17(24)22(18(25)21-15)19-9-11-3-2-4-12(8-11)23(26)27/h2-9,20H,1H3,(H,21,25)/b19-9+. The van der Waals surface area contributed by atoms with Crippen molar-refractivity contribution in [1.82, 2.24) is 14.6 Å². The van der Waals surface area contributed by atoms with E-state index in [1.807, 2.05) is 25.1 Å². The van der Waals surface area contributed by atoms with Gasteiger partial charge in [-0.05, 0) is 19.1 Å². The van der Waals surface area contributed by atoms with E-state index < -0.39 is 16.2 Å². The van der Waals surface area contributed by atoms with Crippen LogP contribution in [0.2, 0.25) is 0 Å². The van der Waals surface area contributed by atoms with Crippen molar-refractivity contribution in [2.75, 3.05) is 0 Å². The first-order chi connectivity index (χ1) is 12.9. The maximum Gasteiger partial charge on any atom is 0.350 e. The highest BCUT2D eigenvalue weighted by Crippen LogP contribution is 2.21. The van der Waals surface area contributed by atoms with Gasteiger partial charge in [-0.2, -0.15) is 5.10 Å². The molecule has 134 valence electrons. The number of fused-ring (bicyclic) bond motifs is 3. The second-order valence-electron chi connectivity index (χ2n) is 6.07. The van der Waals surface area contributed by atoms with E-state index in [2.05, 4.69) is 15.1 Å². The van der Waals surface area contributed by atoms with Crippen LogP contribution in [0.3, 0.4) is 0 Å². The fraction of sp³-hybridized carbons (Fsp3) is 0.0556. The molecule has 2 aromatic carbocycles. The van der Waals surface area contributed by atoms with Gasteiger partial charge < -0.3 is 9.97 Å². The lowest BCUT2D eigenvalue weighted by Crippen LogP contribution is -2.32. The number of nitrogens with one attached hydrogen (secondary N) is 2. The second kappa shape index (κ2) is 6.06. The van der Waals surface area contributed by atoms with Crippen LogP contribution in [0.15, 0.2) is 57.2 Å². The third kappa shape index (κ3) is 2.80. The Morgan fingerprint density at radius 1 is 1.11 bits per heavy atom. The van der Waals surface area contributed by atoms with Crippen LogP contribution in [-0.4, -0.2) is 25.8 Å². The minimum Gasteiger partial charge on any atom is -0.349 e. The summed E-state index contributed by atoms with van der Waals surface area (Å²) in [7, 11) is 0. The molecule has 0 radical (unpaired) electrons. The number of hydrogen-bond donors (Lipinski definition) is 2. The maximum absolute atomic E-state index is 12.7. The number of nitro groups is 1. The van der Waals surface area contributed by atoms with Crippen LogP contribution in [0, 0.1) is 17.0 Å². The fourth-order valence-corrected chi connectivity index (χ4v) is 2.90. The van der Waals surface area contributed by atoms with Gasteiger partial charge in [-0.15, -0.1) is 4.68 Å². The number of aryl methyl sites for hydroxylation is 1. The number of non-ortho nitro benzene ring substituents is 1. The molecule has 0 unspecified atom stereocenters. The molecular formula is C18H13N5O4. The van der Waals surface area contributed by atoms with Gasteiger partial charge in [0.05, 0.1) is 16.7 Å². The molecule has 2 aromatic heterocycles. The summed E-state index contributed by atoms with van der Waals surface area (Å²) < 4.78 is 0.684. The molecule has 9 heteroatoms. The van der Waals surface area contributed by atoms with Crippen LogP contribution in [0.1, 0.15) is 11.1 Å². The molecule has 2 N–H and O–H groups in total. The molecule has 0 amide bonds. The van der Waals surface area contributed by atoms with E-state index in [0.717, 1.165) is 16.5 Å². The van der Waals surface area contributed by atoms with Crippen LogP contribution in [0.25, 0.3) is 21.9 Å². The summed E-state index contributed by atoms with van der Waals surface area (Å²) in [5, 5.41) is 15.5. The Balaban J connectivity index is 1.86. The Bertz CT molecular complexity index is 1360. The van der Waals surface area contributed by atoms with Gasteiger partial charge in [-0.25, -0.2) is 4.79 Å². The van der Waals surface area contributed by atoms with Gasteiger partial charge in [-0.1, -0.05) is 23.8 Å². The van der Waals surface area contributed by atoms with Crippen LogP contribution < -0.4 is 11.2 Å². The molecule has 0 atom stereocenters. The highest BCUT2D eigenvalue weighted by atomic mass is 16.6. The first-order valence-corrected chi connectivity index (χ1v) is 8.00. The van der Waals surface area contributed by atoms with E-state index in [-0.39, 0.29) is 11.2 Å². The van der Waals surface area contributed by atoms with Gasteiger partial charge in [0.1, 0.15) is 5.52 Å². The number of H-pyrrole nitrogens is 2. The Labute approximate surface area is 150 Å². The minimum absolute atomic E-state index is 0.110. The Hall–Kier alpha value is -4.01. The summed E-state index contributed by atoms with van der Waals surface area (Å²) in [5.41, 5.74) is 1.35. The van der Waals surface area contributed by atoms with Crippen LogP contribution in [0.4, 0.5) is 5.69 Å². The summed E-state index contributed by atoms with van der Waals surface area (Å²) in [6.07, 6.45) is 1.22. The monoisotopic (exact) mass is 363 g/mol. The summed E-state index contributed by atoms with van der Waals surface area (Å²) in [4.78, 5) is 41.0. The molecule has 0 saturated heterocycles. The zero-order valence-corrected chi connectivity index (χ0v) is 14.1. The summed E-state index contributed by atoms with van der Waals surface area (Å²) in [6, 6.07) is 11.3. The molecular weight excluding hydrogens is 350 g/mol. The van der Waals surface area contributed by atoms with E-state index in [1.165, 1.54) is 24.4 Å². The normalized spacial score (nSPS) is 11.6. The Kier molecular flexibility index (Phi) is 3.69. The molecule has 0 spiro atoms. The van der Waals surface area contributed by atoms with E-state index in [4.69, 9.17) is 0 Å². The van der Waals surface area contributed by atoms with Gasteiger partial charge in [0.25, 0.3) is 5.69 Å². The number of aromatic amines is 2.